The summed E-state index contributed by atoms with van der Waals surface area (Å²) >= 11 is 1.62. The van der Waals surface area contributed by atoms with Crippen molar-refractivity contribution in [1.82, 2.24) is 14.9 Å². The Kier molecular flexibility index (Phi) is 8.02. The molecule has 2 N–H and O–H groups in total. The average Bonchev–Trinajstić information content (AvgIpc) is 2.97. The molecule has 8 nitrogen and oxygen atoms in total. The number of piperidine rings is 1. The Morgan fingerprint density at radius 3 is 2.55 bits per heavy atom. The SMILES string of the molecule is CC1(C)OB(c2cnc(SCCCC3CCCN(C(=O)C(O)CO)C3)nc2)OC1(C)C. The van der Waals surface area contributed by atoms with Crippen LogP contribution in [-0.2, 0) is 14.1 Å². The van der Waals surface area contributed by atoms with Gasteiger partial charge in [-0.3, -0.25) is 4.79 Å². The lowest BCUT2D eigenvalue weighted by molar-refractivity contribution is -0.144. The number of hydrogen-bond acceptors (Lipinski definition) is 8. The monoisotopic (exact) mass is 451 g/mol. The van der Waals surface area contributed by atoms with Gasteiger partial charge in [-0.15, -0.1) is 0 Å². The minimum atomic E-state index is -1.30. The smallest absolute Gasteiger partial charge is 0.399 e. The number of aromatic nitrogens is 2. The second-order valence-corrected chi connectivity index (χ2v) is 10.4. The van der Waals surface area contributed by atoms with Crippen molar-refractivity contribution >= 4 is 30.3 Å². The van der Waals surface area contributed by atoms with Crippen molar-refractivity contribution in [2.24, 2.45) is 5.92 Å². The fourth-order valence-corrected chi connectivity index (χ4v) is 4.57. The van der Waals surface area contributed by atoms with Gasteiger partial charge in [0.15, 0.2) is 11.3 Å². The van der Waals surface area contributed by atoms with Crippen molar-refractivity contribution in [3.63, 3.8) is 0 Å². The number of amides is 1. The molecule has 0 aliphatic carbocycles. The molecule has 31 heavy (non-hydrogen) atoms. The summed E-state index contributed by atoms with van der Waals surface area (Å²) in [5.74, 6) is 0.965. The zero-order chi connectivity index (χ0) is 22.6. The summed E-state index contributed by atoms with van der Waals surface area (Å²) in [5.41, 5.74) is 0.0429. The Balaban J connectivity index is 1.41. The Morgan fingerprint density at radius 1 is 1.29 bits per heavy atom. The number of carbonyl (C=O) groups is 1. The van der Waals surface area contributed by atoms with Gasteiger partial charge in [-0.1, -0.05) is 11.8 Å². The van der Waals surface area contributed by atoms with E-state index in [1.165, 1.54) is 0 Å². The van der Waals surface area contributed by atoms with Crippen LogP contribution in [0.25, 0.3) is 0 Å². The normalized spacial score (nSPS) is 23.7. The maximum atomic E-state index is 12.1. The first-order valence-corrected chi connectivity index (χ1v) is 12.0. The molecule has 1 aromatic rings. The minimum Gasteiger partial charge on any atom is -0.399 e. The highest BCUT2D eigenvalue weighted by atomic mass is 32.2. The second kappa shape index (κ2) is 10.2. The van der Waals surface area contributed by atoms with Gasteiger partial charge in [0.25, 0.3) is 5.91 Å². The zero-order valence-corrected chi connectivity index (χ0v) is 19.7. The van der Waals surface area contributed by atoms with E-state index in [1.54, 1.807) is 29.1 Å². The Morgan fingerprint density at radius 2 is 1.94 bits per heavy atom. The largest absolute Gasteiger partial charge is 0.498 e. The highest BCUT2D eigenvalue weighted by Gasteiger charge is 2.51. The molecular weight excluding hydrogens is 417 g/mol. The van der Waals surface area contributed by atoms with Gasteiger partial charge in [0.1, 0.15) is 0 Å². The predicted molar refractivity (Wildman–Crippen MR) is 120 cm³/mol. The molecule has 0 spiro atoms. The van der Waals surface area contributed by atoms with Gasteiger partial charge >= 0.3 is 7.12 Å². The minimum absolute atomic E-state index is 0.364. The third-order valence-corrected chi connectivity index (χ3v) is 7.41. The lowest BCUT2D eigenvalue weighted by Gasteiger charge is -2.33. The molecule has 0 radical (unpaired) electrons. The number of rotatable bonds is 8. The van der Waals surface area contributed by atoms with Crippen LogP contribution < -0.4 is 5.46 Å². The number of likely N-dealkylation sites (tertiary alicyclic amines) is 1. The molecule has 2 atom stereocenters. The van der Waals surface area contributed by atoms with Crippen molar-refractivity contribution in [3.05, 3.63) is 12.4 Å². The van der Waals surface area contributed by atoms with E-state index in [1.807, 2.05) is 27.7 Å². The number of thioether (sulfide) groups is 1. The predicted octanol–water partition coefficient (Wildman–Crippen LogP) is 1.24. The van der Waals surface area contributed by atoms with Crippen LogP contribution in [0.1, 0.15) is 53.4 Å². The third kappa shape index (κ3) is 5.99. The molecule has 172 valence electrons. The van der Waals surface area contributed by atoms with Crippen molar-refractivity contribution in [3.8, 4) is 0 Å². The molecule has 2 saturated heterocycles. The van der Waals surface area contributed by atoms with Crippen molar-refractivity contribution in [2.75, 3.05) is 25.4 Å². The van der Waals surface area contributed by atoms with Crippen LogP contribution in [0.5, 0.6) is 0 Å². The van der Waals surface area contributed by atoms with E-state index in [0.717, 1.165) is 42.1 Å². The number of carbonyl (C=O) groups excluding carboxylic acids is 1. The van der Waals surface area contributed by atoms with Gasteiger partial charge in [0, 0.05) is 36.7 Å². The molecule has 2 fully saturated rings. The maximum Gasteiger partial charge on any atom is 0.498 e. The highest BCUT2D eigenvalue weighted by molar-refractivity contribution is 7.99. The van der Waals surface area contributed by atoms with Crippen LogP contribution in [0.4, 0.5) is 0 Å². The van der Waals surface area contributed by atoms with Gasteiger partial charge < -0.3 is 24.4 Å². The Hall–Kier alpha value is -1.20. The van der Waals surface area contributed by atoms with E-state index in [0.29, 0.717) is 19.0 Å². The number of nitrogens with zero attached hydrogens (tertiary/aromatic N) is 3. The lowest BCUT2D eigenvalue weighted by Crippen LogP contribution is -2.46. The second-order valence-electron chi connectivity index (χ2n) is 9.37. The van der Waals surface area contributed by atoms with E-state index >= 15 is 0 Å². The molecule has 1 amide bonds. The average molecular weight is 451 g/mol. The Bertz CT molecular complexity index is 733. The fraction of sp³-hybridized carbons (Fsp3) is 0.762. The first kappa shape index (κ1) is 24.4. The topological polar surface area (TPSA) is 105 Å². The van der Waals surface area contributed by atoms with Gasteiger partial charge in [-0.2, -0.15) is 0 Å². The fourth-order valence-electron chi connectivity index (χ4n) is 3.83. The van der Waals surface area contributed by atoms with Crippen molar-refractivity contribution < 1.29 is 24.3 Å². The van der Waals surface area contributed by atoms with Crippen molar-refractivity contribution in [1.29, 1.82) is 0 Å². The molecule has 2 aliphatic heterocycles. The summed E-state index contributed by atoms with van der Waals surface area (Å²) in [5, 5.41) is 19.3. The van der Waals surface area contributed by atoms with Gasteiger partial charge in [0.05, 0.1) is 17.8 Å². The molecule has 2 aliphatic rings. The number of aliphatic hydroxyl groups excluding tert-OH is 2. The van der Waals surface area contributed by atoms with E-state index in [4.69, 9.17) is 14.4 Å². The van der Waals surface area contributed by atoms with Gasteiger partial charge in [-0.05, 0) is 59.3 Å². The van der Waals surface area contributed by atoms with Crippen LogP contribution in [0.3, 0.4) is 0 Å². The summed E-state index contributed by atoms with van der Waals surface area (Å²) in [6, 6.07) is 0. The lowest BCUT2D eigenvalue weighted by atomic mass is 9.81. The molecule has 2 unspecified atom stereocenters. The number of aliphatic hydroxyl groups is 2. The van der Waals surface area contributed by atoms with Crippen LogP contribution in [-0.4, -0.2) is 80.9 Å². The van der Waals surface area contributed by atoms with Crippen molar-refractivity contribution in [2.45, 2.75) is 75.8 Å². The summed E-state index contributed by atoms with van der Waals surface area (Å²) in [7, 11) is -0.453. The van der Waals surface area contributed by atoms with Gasteiger partial charge in [-0.25, -0.2) is 9.97 Å². The van der Waals surface area contributed by atoms with Gasteiger partial charge in [0.2, 0.25) is 0 Å². The Labute approximate surface area is 189 Å². The highest BCUT2D eigenvalue weighted by Crippen LogP contribution is 2.36. The molecule has 0 bridgehead atoms. The van der Waals surface area contributed by atoms with Crippen LogP contribution in [0, 0.1) is 5.92 Å². The number of hydrogen-bond donors (Lipinski definition) is 2. The summed E-state index contributed by atoms with van der Waals surface area (Å²) in [4.78, 5) is 22.7. The van der Waals surface area contributed by atoms with E-state index in [2.05, 4.69) is 9.97 Å². The van der Waals surface area contributed by atoms with Crippen LogP contribution in [0.15, 0.2) is 17.6 Å². The summed E-state index contributed by atoms with van der Waals surface area (Å²) < 4.78 is 12.1. The van der Waals surface area contributed by atoms with E-state index in [-0.39, 0.29) is 17.1 Å². The molecule has 3 rings (SSSR count). The standard InChI is InChI=1S/C21H34BN3O5S/c1-20(2)21(3,4)30-22(29-20)16-11-23-19(24-12-16)31-10-6-8-15-7-5-9-25(13-15)18(28)17(27)14-26/h11-12,15,17,26-27H,5-10,13-14H2,1-4H3. The molecule has 0 aromatic carbocycles. The summed E-state index contributed by atoms with van der Waals surface area (Å²) in [6.07, 6.45) is 6.28. The molecule has 10 heteroatoms. The zero-order valence-electron chi connectivity index (χ0n) is 18.9. The molecule has 3 heterocycles. The maximum absolute atomic E-state index is 12.1. The molecule has 1 aromatic heterocycles. The molecular formula is C21H34BN3O5S. The van der Waals surface area contributed by atoms with E-state index < -0.39 is 19.8 Å². The van der Waals surface area contributed by atoms with E-state index in [9.17, 15) is 9.90 Å². The molecule has 0 saturated carbocycles. The third-order valence-electron chi connectivity index (χ3n) is 6.45. The first-order valence-electron chi connectivity index (χ1n) is 11.0. The first-order chi connectivity index (χ1) is 14.6. The summed E-state index contributed by atoms with van der Waals surface area (Å²) in [6.45, 7) is 8.87. The van der Waals surface area contributed by atoms with Crippen LogP contribution in [0.2, 0.25) is 0 Å². The quantitative estimate of drug-likeness (QED) is 0.263. The van der Waals surface area contributed by atoms with Crippen LogP contribution >= 0.6 is 11.8 Å².